The van der Waals surface area contributed by atoms with Crippen molar-refractivity contribution in [3.63, 3.8) is 0 Å². The number of nitrogens with zero attached hydrogens (tertiary/aromatic N) is 1. The summed E-state index contributed by atoms with van der Waals surface area (Å²) in [7, 11) is 0. The zero-order valence-corrected chi connectivity index (χ0v) is 12.8. The first kappa shape index (κ1) is 14.6. The van der Waals surface area contributed by atoms with Crippen LogP contribution >= 0.6 is 0 Å². The number of ether oxygens (including phenoxy) is 1. The first-order valence-electron chi connectivity index (χ1n) is 7.49. The molecule has 0 fully saturated rings. The summed E-state index contributed by atoms with van der Waals surface area (Å²) < 4.78 is 5.73. The van der Waals surface area contributed by atoms with Gasteiger partial charge in [0.15, 0.2) is 6.10 Å². The van der Waals surface area contributed by atoms with E-state index in [9.17, 15) is 4.79 Å². The lowest BCUT2D eigenvalue weighted by Crippen LogP contribution is -2.45. The molecule has 2 aromatic rings. The van der Waals surface area contributed by atoms with Crippen LogP contribution in [-0.4, -0.2) is 12.0 Å². The molecule has 4 heteroatoms. The Kier molecular flexibility index (Phi) is 3.86. The summed E-state index contributed by atoms with van der Waals surface area (Å²) in [6, 6.07) is 15.7. The van der Waals surface area contributed by atoms with Crippen molar-refractivity contribution < 1.29 is 9.53 Å². The van der Waals surface area contributed by atoms with Crippen LogP contribution in [0.2, 0.25) is 0 Å². The van der Waals surface area contributed by atoms with Gasteiger partial charge in [-0.15, -0.1) is 0 Å². The Bertz CT molecular complexity index is 685. The van der Waals surface area contributed by atoms with Gasteiger partial charge in [-0.25, -0.2) is 0 Å². The highest BCUT2D eigenvalue weighted by Gasteiger charge is 2.35. The van der Waals surface area contributed by atoms with E-state index in [-0.39, 0.29) is 11.9 Å². The SMILES string of the molecule is CC1Oc2ccc(CN)cc2N(C(C)c2ccccc2)C1=O. The van der Waals surface area contributed by atoms with Gasteiger partial charge in [0.2, 0.25) is 0 Å². The molecule has 0 radical (unpaired) electrons. The average molecular weight is 296 g/mol. The van der Waals surface area contributed by atoms with Crippen molar-refractivity contribution in [1.82, 2.24) is 0 Å². The molecule has 1 amide bonds. The highest BCUT2D eigenvalue weighted by atomic mass is 16.5. The van der Waals surface area contributed by atoms with Gasteiger partial charge in [-0.05, 0) is 37.1 Å². The first-order valence-corrected chi connectivity index (χ1v) is 7.49. The third-order valence-corrected chi connectivity index (χ3v) is 4.08. The Morgan fingerprint density at radius 1 is 1.23 bits per heavy atom. The van der Waals surface area contributed by atoms with Gasteiger partial charge in [0.25, 0.3) is 5.91 Å². The molecule has 1 aliphatic rings. The van der Waals surface area contributed by atoms with Crippen LogP contribution in [0.15, 0.2) is 48.5 Å². The largest absolute Gasteiger partial charge is 0.479 e. The molecule has 114 valence electrons. The zero-order chi connectivity index (χ0) is 15.7. The normalized spacial score (nSPS) is 18.6. The molecule has 2 unspecified atom stereocenters. The van der Waals surface area contributed by atoms with E-state index < -0.39 is 6.10 Å². The molecule has 0 spiro atoms. The van der Waals surface area contributed by atoms with Crippen molar-refractivity contribution in [3.05, 3.63) is 59.7 Å². The van der Waals surface area contributed by atoms with E-state index in [1.807, 2.05) is 60.4 Å². The van der Waals surface area contributed by atoms with E-state index in [0.717, 1.165) is 22.6 Å². The van der Waals surface area contributed by atoms with Crippen molar-refractivity contribution in [2.24, 2.45) is 5.73 Å². The van der Waals surface area contributed by atoms with E-state index in [1.165, 1.54) is 0 Å². The van der Waals surface area contributed by atoms with Gasteiger partial charge < -0.3 is 10.5 Å². The summed E-state index contributed by atoms with van der Waals surface area (Å²) in [5.41, 5.74) is 8.60. The summed E-state index contributed by atoms with van der Waals surface area (Å²) in [4.78, 5) is 14.5. The molecule has 0 aliphatic carbocycles. The molecule has 0 saturated carbocycles. The topological polar surface area (TPSA) is 55.6 Å². The van der Waals surface area contributed by atoms with Gasteiger partial charge in [-0.1, -0.05) is 36.4 Å². The first-order chi connectivity index (χ1) is 10.6. The molecule has 0 saturated heterocycles. The quantitative estimate of drug-likeness (QED) is 0.947. The number of carbonyl (C=O) groups is 1. The molecule has 4 nitrogen and oxygen atoms in total. The number of rotatable bonds is 3. The lowest BCUT2D eigenvalue weighted by molar-refractivity contribution is -0.126. The smallest absolute Gasteiger partial charge is 0.268 e. The molecule has 2 aromatic carbocycles. The molecule has 2 atom stereocenters. The Balaban J connectivity index is 2.08. The van der Waals surface area contributed by atoms with Gasteiger partial charge in [0.05, 0.1) is 11.7 Å². The molecule has 0 bridgehead atoms. The zero-order valence-electron chi connectivity index (χ0n) is 12.8. The fraction of sp³-hybridized carbons (Fsp3) is 0.278. The predicted octanol–water partition coefficient (Wildman–Crippen LogP) is 3.02. The number of hydrogen-bond donors (Lipinski definition) is 1. The maximum atomic E-state index is 12.7. The predicted molar refractivity (Wildman–Crippen MR) is 86.8 cm³/mol. The van der Waals surface area contributed by atoms with E-state index >= 15 is 0 Å². The lowest BCUT2D eigenvalue weighted by Gasteiger charge is -2.37. The van der Waals surface area contributed by atoms with Crippen LogP contribution in [-0.2, 0) is 11.3 Å². The van der Waals surface area contributed by atoms with Crippen LogP contribution in [0.4, 0.5) is 5.69 Å². The summed E-state index contributed by atoms with van der Waals surface area (Å²) in [6.07, 6.45) is -0.484. The third kappa shape index (κ3) is 2.46. The van der Waals surface area contributed by atoms with E-state index in [2.05, 4.69) is 0 Å². The maximum absolute atomic E-state index is 12.7. The second-order valence-corrected chi connectivity index (χ2v) is 5.56. The second-order valence-electron chi connectivity index (χ2n) is 5.56. The molecular weight excluding hydrogens is 276 g/mol. The number of benzene rings is 2. The Morgan fingerprint density at radius 3 is 2.64 bits per heavy atom. The number of anilines is 1. The molecule has 1 aliphatic heterocycles. The number of fused-ring (bicyclic) bond motifs is 1. The third-order valence-electron chi connectivity index (χ3n) is 4.08. The Morgan fingerprint density at radius 2 is 1.95 bits per heavy atom. The highest BCUT2D eigenvalue weighted by molar-refractivity contribution is 6.00. The number of hydrogen-bond acceptors (Lipinski definition) is 3. The minimum absolute atomic E-state index is 0.0296. The van der Waals surface area contributed by atoms with Crippen LogP contribution < -0.4 is 15.4 Å². The monoisotopic (exact) mass is 296 g/mol. The van der Waals surface area contributed by atoms with E-state index in [1.54, 1.807) is 6.92 Å². The van der Waals surface area contributed by atoms with Crippen molar-refractivity contribution in [3.8, 4) is 5.75 Å². The van der Waals surface area contributed by atoms with E-state index in [4.69, 9.17) is 10.5 Å². The fourth-order valence-corrected chi connectivity index (χ4v) is 2.81. The van der Waals surface area contributed by atoms with Crippen LogP contribution in [0.1, 0.15) is 31.0 Å². The van der Waals surface area contributed by atoms with Gasteiger partial charge in [0, 0.05) is 6.54 Å². The van der Waals surface area contributed by atoms with Gasteiger partial charge >= 0.3 is 0 Å². The summed E-state index contributed by atoms with van der Waals surface area (Å²) in [6.45, 7) is 4.25. The minimum Gasteiger partial charge on any atom is -0.479 e. The average Bonchev–Trinajstić information content (AvgIpc) is 2.56. The molecule has 3 rings (SSSR count). The van der Waals surface area contributed by atoms with Crippen molar-refractivity contribution in [1.29, 1.82) is 0 Å². The maximum Gasteiger partial charge on any atom is 0.268 e. The molecule has 0 aromatic heterocycles. The van der Waals surface area contributed by atoms with E-state index in [0.29, 0.717) is 6.54 Å². The number of amides is 1. The summed E-state index contributed by atoms with van der Waals surface area (Å²) >= 11 is 0. The highest BCUT2D eigenvalue weighted by Crippen LogP contribution is 2.39. The fourth-order valence-electron chi connectivity index (χ4n) is 2.81. The van der Waals surface area contributed by atoms with Crippen LogP contribution in [0.5, 0.6) is 5.75 Å². The van der Waals surface area contributed by atoms with Gasteiger partial charge in [0.1, 0.15) is 5.75 Å². The van der Waals surface area contributed by atoms with Crippen LogP contribution in [0.3, 0.4) is 0 Å². The Labute approximate surface area is 130 Å². The molecule has 1 heterocycles. The summed E-state index contributed by atoms with van der Waals surface area (Å²) in [5.74, 6) is 0.699. The van der Waals surface area contributed by atoms with Crippen molar-refractivity contribution in [2.75, 3.05) is 4.90 Å². The van der Waals surface area contributed by atoms with Crippen molar-refractivity contribution >= 4 is 11.6 Å². The van der Waals surface area contributed by atoms with Gasteiger partial charge in [-0.3, -0.25) is 9.69 Å². The molecule has 2 N–H and O–H groups in total. The molecule has 22 heavy (non-hydrogen) atoms. The van der Waals surface area contributed by atoms with Crippen LogP contribution in [0, 0.1) is 0 Å². The minimum atomic E-state index is -0.484. The van der Waals surface area contributed by atoms with Crippen LogP contribution in [0.25, 0.3) is 0 Å². The summed E-state index contributed by atoms with van der Waals surface area (Å²) in [5, 5.41) is 0. The molecular formula is C18H20N2O2. The lowest BCUT2D eigenvalue weighted by atomic mass is 10.0. The van der Waals surface area contributed by atoms with Gasteiger partial charge in [-0.2, -0.15) is 0 Å². The number of carbonyl (C=O) groups excluding carboxylic acids is 1. The number of nitrogens with two attached hydrogens (primary N) is 1. The standard InChI is InChI=1S/C18H20N2O2/c1-12(15-6-4-3-5-7-15)20-16-10-14(11-19)8-9-17(16)22-13(2)18(20)21/h3-10,12-13H,11,19H2,1-2H3. The second kappa shape index (κ2) is 5.81. The Hall–Kier alpha value is -2.33. The van der Waals surface area contributed by atoms with Crippen molar-refractivity contribution in [2.45, 2.75) is 32.5 Å².